The third-order valence-electron chi connectivity index (χ3n) is 11.7. The molecule has 0 N–H and O–H groups in total. The summed E-state index contributed by atoms with van der Waals surface area (Å²) in [6.45, 7) is 0. The molecule has 274 valence electrons. The Morgan fingerprint density at radius 1 is 0.483 bits per heavy atom. The molecule has 13 aromatic rings. The van der Waals surface area contributed by atoms with Crippen LogP contribution in [0.2, 0.25) is 5.15 Å². The smallest absolute Gasteiger partial charge is 0.176 e. The first-order chi connectivity index (χ1) is 28.7. The Kier molecular flexibility index (Phi) is 7.81. The van der Waals surface area contributed by atoms with E-state index in [1.54, 1.807) is 11.3 Å². The first-order valence-corrected chi connectivity index (χ1v) is 22.5. The van der Waals surface area contributed by atoms with Crippen molar-refractivity contribution in [1.29, 1.82) is 0 Å². The third-order valence-corrected chi connectivity index (χ3v) is 14.1. The quantitative estimate of drug-likeness (QED) is 0.103. The normalized spacial score (nSPS) is 12.1. The van der Waals surface area contributed by atoms with Crippen LogP contribution in [0.5, 0.6) is 0 Å². The molecule has 3 nitrogen and oxygen atoms in total. The standard InChI is InChI=1S/C50H26ClN3S2.H2S2/c51-48-49(52-45-37-18-8-10-20-40(37)56-50(45)53-48)54-39-19-9-7-17-36(39)42-34-15-5-6-16-35(34)44-43-31-23-21-29(25-28(31)22-24-41(43)55-47(44)46(42)54)38-26-27-11-1-2-12-30(27)32-13-3-4-14-33(32)38;1-2/h1-26H;1-2H. The molecule has 0 aliphatic heterocycles. The largest absolute Gasteiger partial charge is 0.290 e. The maximum Gasteiger partial charge on any atom is 0.176 e. The lowest BCUT2D eigenvalue weighted by Gasteiger charge is -2.12. The molecule has 0 saturated heterocycles. The Morgan fingerprint density at radius 3 is 1.97 bits per heavy atom. The molecule has 0 bridgehead atoms. The molecule has 0 aliphatic rings. The van der Waals surface area contributed by atoms with Crippen LogP contribution in [0.3, 0.4) is 0 Å². The SMILES string of the molecule is Clc1nc2sc3ccccc3c2nc1-n1c2ccccc2c2c3ccccc3c3c(sc4ccc5cc(-c6cc7ccccc7c7ccccc67)ccc5c43)c21.SS. The highest BCUT2D eigenvalue weighted by Crippen LogP contribution is 2.50. The average Bonchev–Trinajstić information content (AvgIpc) is 3.96. The summed E-state index contributed by atoms with van der Waals surface area (Å²) >= 11 is 17.1. The molecule has 0 radical (unpaired) electrons. The minimum absolute atomic E-state index is 0.397. The van der Waals surface area contributed by atoms with Gasteiger partial charge in [0.15, 0.2) is 11.0 Å². The summed E-state index contributed by atoms with van der Waals surface area (Å²) in [7, 11) is 0. The molecule has 0 amide bonds. The summed E-state index contributed by atoms with van der Waals surface area (Å²) in [6, 6.07) is 57.4. The van der Waals surface area contributed by atoms with Crippen LogP contribution in [-0.4, -0.2) is 14.5 Å². The number of para-hydroxylation sites is 1. The van der Waals surface area contributed by atoms with Crippen LogP contribution >= 0.6 is 57.6 Å². The summed E-state index contributed by atoms with van der Waals surface area (Å²) in [4.78, 5) is 11.2. The van der Waals surface area contributed by atoms with Gasteiger partial charge in [-0.2, -0.15) is 0 Å². The van der Waals surface area contributed by atoms with E-state index in [9.17, 15) is 0 Å². The van der Waals surface area contributed by atoms with Gasteiger partial charge >= 0.3 is 0 Å². The molecule has 0 unspecified atom stereocenters. The predicted molar refractivity (Wildman–Crippen MR) is 261 cm³/mol. The average molecular weight is 835 g/mol. The zero-order chi connectivity index (χ0) is 38.6. The van der Waals surface area contributed by atoms with Gasteiger partial charge < -0.3 is 0 Å². The van der Waals surface area contributed by atoms with E-state index < -0.39 is 0 Å². The van der Waals surface area contributed by atoms with E-state index in [2.05, 4.69) is 186 Å². The fourth-order valence-corrected chi connectivity index (χ4v) is 11.9. The zero-order valence-electron chi connectivity index (χ0n) is 30.4. The maximum absolute atomic E-state index is 7.20. The third kappa shape index (κ3) is 4.82. The van der Waals surface area contributed by atoms with Crippen molar-refractivity contribution in [1.82, 2.24) is 14.5 Å². The number of thiol groups is 2. The molecule has 58 heavy (non-hydrogen) atoms. The molecule has 4 aromatic heterocycles. The fourth-order valence-electron chi connectivity index (χ4n) is 9.31. The van der Waals surface area contributed by atoms with Crippen molar-refractivity contribution >= 4 is 163 Å². The lowest BCUT2D eigenvalue weighted by Crippen LogP contribution is -2.00. The number of aromatic nitrogens is 3. The van der Waals surface area contributed by atoms with Gasteiger partial charge in [-0.05, 0) is 84.5 Å². The van der Waals surface area contributed by atoms with Gasteiger partial charge in [0, 0.05) is 36.3 Å². The number of benzene rings is 9. The van der Waals surface area contributed by atoms with Gasteiger partial charge in [-0.25, -0.2) is 9.97 Å². The molecule has 0 fully saturated rings. The highest BCUT2D eigenvalue weighted by Gasteiger charge is 2.25. The number of hydrogen-bond acceptors (Lipinski definition) is 6. The van der Waals surface area contributed by atoms with Gasteiger partial charge in [-0.3, -0.25) is 4.57 Å². The van der Waals surface area contributed by atoms with Crippen LogP contribution < -0.4 is 0 Å². The van der Waals surface area contributed by atoms with Gasteiger partial charge in [0.2, 0.25) is 0 Å². The Morgan fingerprint density at radius 2 is 1.14 bits per heavy atom. The summed E-state index contributed by atoms with van der Waals surface area (Å²) in [5, 5.41) is 16.4. The van der Waals surface area contributed by atoms with E-state index in [1.807, 2.05) is 11.3 Å². The Hall–Kier alpha value is -5.67. The van der Waals surface area contributed by atoms with Gasteiger partial charge in [0.25, 0.3) is 0 Å². The molecular weight excluding hydrogens is 806 g/mol. The van der Waals surface area contributed by atoms with Gasteiger partial charge in [-0.15, -0.1) is 46.0 Å². The number of fused-ring (bicyclic) bond motifs is 18. The van der Waals surface area contributed by atoms with E-state index in [1.165, 1.54) is 85.2 Å². The van der Waals surface area contributed by atoms with Crippen molar-refractivity contribution in [2.75, 3.05) is 0 Å². The second-order valence-electron chi connectivity index (χ2n) is 14.6. The van der Waals surface area contributed by atoms with E-state index in [-0.39, 0.29) is 0 Å². The highest BCUT2D eigenvalue weighted by atomic mass is 35.5. The maximum atomic E-state index is 7.20. The summed E-state index contributed by atoms with van der Waals surface area (Å²) in [5.41, 5.74) is 5.52. The Balaban J connectivity index is 0.00000181. The molecule has 0 atom stereocenters. The monoisotopic (exact) mass is 833 g/mol. The number of rotatable bonds is 2. The number of nitrogens with zero attached hydrogens (tertiary/aromatic N) is 3. The van der Waals surface area contributed by atoms with Crippen LogP contribution in [0, 0.1) is 0 Å². The molecule has 9 aromatic carbocycles. The van der Waals surface area contributed by atoms with E-state index in [0.717, 1.165) is 31.5 Å². The lowest BCUT2D eigenvalue weighted by atomic mass is 9.91. The predicted octanol–water partition coefficient (Wildman–Crippen LogP) is 16.0. The van der Waals surface area contributed by atoms with Crippen molar-refractivity contribution in [3.8, 4) is 16.9 Å². The van der Waals surface area contributed by atoms with Crippen LogP contribution in [0.4, 0.5) is 0 Å². The minimum atomic E-state index is 0.397. The first-order valence-electron chi connectivity index (χ1n) is 18.9. The van der Waals surface area contributed by atoms with Crippen LogP contribution in [0.15, 0.2) is 158 Å². The van der Waals surface area contributed by atoms with Crippen molar-refractivity contribution in [3.05, 3.63) is 163 Å². The summed E-state index contributed by atoms with van der Waals surface area (Å²) in [6.07, 6.45) is 0. The second-order valence-corrected chi connectivity index (χ2v) is 17.0. The zero-order valence-corrected chi connectivity index (χ0v) is 34.6. The molecule has 0 aliphatic carbocycles. The molecule has 13 rings (SSSR count). The Bertz CT molecular complexity index is 3860. The summed E-state index contributed by atoms with van der Waals surface area (Å²) < 4.78 is 5.90. The van der Waals surface area contributed by atoms with E-state index >= 15 is 0 Å². The molecule has 8 heteroatoms. The lowest BCUT2D eigenvalue weighted by molar-refractivity contribution is 1.08. The fraction of sp³-hybridized carbons (Fsp3) is 0. The Labute approximate surface area is 355 Å². The highest BCUT2D eigenvalue weighted by molar-refractivity contribution is 8.59. The molecular formula is C50H28ClN3S4. The number of thiophene rings is 2. The topological polar surface area (TPSA) is 30.7 Å². The molecule has 0 spiro atoms. The van der Waals surface area contributed by atoms with Crippen molar-refractivity contribution < 1.29 is 0 Å². The van der Waals surface area contributed by atoms with Crippen molar-refractivity contribution in [2.24, 2.45) is 0 Å². The first kappa shape index (κ1) is 34.4. The van der Waals surface area contributed by atoms with Crippen LogP contribution in [0.1, 0.15) is 0 Å². The van der Waals surface area contributed by atoms with Gasteiger partial charge in [-0.1, -0.05) is 139 Å². The van der Waals surface area contributed by atoms with Crippen molar-refractivity contribution in [2.45, 2.75) is 0 Å². The van der Waals surface area contributed by atoms with E-state index in [4.69, 9.17) is 21.6 Å². The van der Waals surface area contributed by atoms with Gasteiger partial charge in [0.1, 0.15) is 10.3 Å². The van der Waals surface area contributed by atoms with Gasteiger partial charge in [0.05, 0.1) is 15.7 Å². The number of halogens is 1. The van der Waals surface area contributed by atoms with Crippen LogP contribution in [0.25, 0.3) is 122 Å². The number of hydrogen-bond donors (Lipinski definition) is 2. The minimum Gasteiger partial charge on any atom is -0.290 e. The molecule has 4 heterocycles. The van der Waals surface area contributed by atoms with E-state index in [0.29, 0.717) is 11.0 Å². The van der Waals surface area contributed by atoms with Crippen molar-refractivity contribution in [3.63, 3.8) is 0 Å². The van der Waals surface area contributed by atoms with Crippen LogP contribution in [-0.2, 0) is 0 Å². The second kappa shape index (κ2) is 13.2. The summed E-state index contributed by atoms with van der Waals surface area (Å²) in [5.74, 6) is 0.653. The molecule has 0 saturated carbocycles.